The normalized spacial score (nSPS) is 8.33. The van der Waals surface area contributed by atoms with Crippen molar-refractivity contribution in [1.82, 2.24) is 4.98 Å². The Morgan fingerprint density at radius 1 is 1.50 bits per heavy atom. The second-order valence-corrected chi connectivity index (χ2v) is 2.41. The molecule has 0 aliphatic carbocycles. The fourth-order valence-electron chi connectivity index (χ4n) is 0.711. The van der Waals surface area contributed by atoms with Gasteiger partial charge >= 0.3 is 0 Å². The molecule has 1 aromatic heterocycles. The number of aliphatic hydroxyl groups excluding tert-OH is 1. The van der Waals surface area contributed by atoms with Crippen LogP contribution in [-0.2, 0) is 0 Å². The van der Waals surface area contributed by atoms with E-state index in [1.165, 1.54) is 6.07 Å². The van der Waals surface area contributed by atoms with Gasteiger partial charge in [0.15, 0.2) is 6.29 Å². The monoisotopic (exact) mass is 187 g/mol. The molecule has 0 aliphatic rings. The first kappa shape index (κ1) is 11.1. The summed E-state index contributed by atoms with van der Waals surface area (Å²) in [7, 11) is 1.00. The highest BCUT2D eigenvalue weighted by atomic mass is 35.5. The highest BCUT2D eigenvalue weighted by Gasteiger charge is 1.94. The molecule has 0 amide bonds. The first-order chi connectivity index (χ1) is 5.72. The zero-order valence-corrected chi connectivity index (χ0v) is 7.67. The van der Waals surface area contributed by atoms with Gasteiger partial charge in [-0.1, -0.05) is 11.6 Å². The summed E-state index contributed by atoms with van der Waals surface area (Å²) in [5.74, 6) is 0. The van der Waals surface area contributed by atoms with Gasteiger partial charge in [-0.05, 0) is 19.1 Å². The molecule has 0 saturated carbocycles. The van der Waals surface area contributed by atoms with E-state index in [1.54, 1.807) is 13.0 Å². The highest BCUT2D eigenvalue weighted by molar-refractivity contribution is 6.30. The number of aldehydes is 1. The van der Waals surface area contributed by atoms with Crippen molar-refractivity contribution < 1.29 is 9.90 Å². The molecule has 0 saturated heterocycles. The summed E-state index contributed by atoms with van der Waals surface area (Å²) in [6.07, 6.45) is 0.679. The predicted molar refractivity (Wildman–Crippen MR) is 47.5 cm³/mol. The number of aliphatic hydroxyl groups is 1. The lowest BCUT2D eigenvalue weighted by atomic mass is 10.3. The highest BCUT2D eigenvalue weighted by Crippen LogP contribution is 2.09. The van der Waals surface area contributed by atoms with Crippen LogP contribution in [0.2, 0.25) is 5.02 Å². The van der Waals surface area contributed by atoms with Gasteiger partial charge in [-0.15, -0.1) is 0 Å². The van der Waals surface area contributed by atoms with Crippen LogP contribution in [0.5, 0.6) is 0 Å². The third-order valence-electron chi connectivity index (χ3n) is 1.06. The molecular weight excluding hydrogens is 178 g/mol. The average Bonchev–Trinajstić information content (AvgIpc) is 2.06. The smallest absolute Gasteiger partial charge is 0.168 e. The number of hydrogen-bond acceptors (Lipinski definition) is 3. The molecule has 0 atom stereocenters. The van der Waals surface area contributed by atoms with Crippen molar-refractivity contribution in [2.24, 2.45) is 0 Å². The Hall–Kier alpha value is -0.930. The second kappa shape index (κ2) is 5.69. The molecule has 1 heterocycles. The van der Waals surface area contributed by atoms with Crippen molar-refractivity contribution in [3.8, 4) is 0 Å². The maximum atomic E-state index is 10.2. The van der Waals surface area contributed by atoms with Gasteiger partial charge in [-0.2, -0.15) is 0 Å². The van der Waals surface area contributed by atoms with Crippen LogP contribution < -0.4 is 0 Å². The summed E-state index contributed by atoms with van der Waals surface area (Å²) in [4.78, 5) is 14.1. The van der Waals surface area contributed by atoms with Crippen molar-refractivity contribution in [3.05, 3.63) is 28.5 Å². The van der Waals surface area contributed by atoms with Gasteiger partial charge in [-0.25, -0.2) is 0 Å². The van der Waals surface area contributed by atoms with E-state index in [0.29, 0.717) is 17.0 Å². The lowest BCUT2D eigenvalue weighted by Crippen LogP contribution is -1.88. The van der Waals surface area contributed by atoms with Crippen LogP contribution in [0.15, 0.2) is 12.1 Å². The van der Waals surface area contributed by atoms with E-state index in [9.17, 15) is 4.79 Å². The molecule has 0 aliphatic heterocycles. The number of rotatable bonds is 1. The molecule has 0 unspecified atom stereocenters. The number of aromatic nitrogens is 1. The topological polar surface area (TPSA) is 50.2 Å². The zero-order chi connectivity index (χ0) is 9.56. The van der Waals surface area contributed by atoms with Crippen molar-refractivity contribution in [3.63, 3.8) is 0 Å². The van der Waals surface area contributed by atoms with E-state index < -0.39 is 0 Å². The lowest BCUT2D eigenvalue weighted by Gasteiger charge is -1.93. The van der Waals surface area contributed by atoms with Crippen LogP contribution in [0.25, 0.3) is 0 Å². The van der Waals surface area contributed by atoms with Gasteiger partial charge in [0.2, 0.25) is 0 Å². The average molecular weight is 188 g/mol. The third kappa shape index (κ3) is 3.46. The van der Waals surface area contributed by atoms with Crippen LogP contribution in [-0.4, -0.2) is 23.5 Å². The summed E-state index contributed by atoms with van der Waals surface area (Å²) in [6, 6.07) is 3.23. The minimum absolute atomic E-state index is 0.380. The molecule has 3 nitrogen and oxygen atoms in total. The molecule has 0 spiro atoms. The quantitative estimate of drug-likeness (QED) is 0.678. The largest absolute Gasteiger partial charge is 0.400 e. The summed E-state index contributed by atoms with van der Waals surface area (Å²) in [6.45, 7) is 1.79. The SMILES string of the molecule is CO.Cc1cc(Cl)cc(C=O)n1. The standard InChI is InChI=1S/C7H6ClNO.CH4O/c1-5-2-6(8)3-7(4-10)9-5;1-2/h2-4H,1H3;2H,1H3. The minimum Gasteiger partial charge on any atom is -0.400 e. The Labute approximate surface area is 76.0 Å². The Bertz CT molecular complexity index is 243. The van der Waals surface area contributed by atoms with Gasteiger partial charge in [-0.3, -0.25) is 9.78 Å². The molecule has 0 fully saturated rings. The van der Waals surface area contributed by atoms with E-state index in [1.807, 2.05) is 0 Å². The van der Waals surface area contributed by atoms with Gasteiger partial charge in [0.05, 0.1) is 0 Å². The second-order valence-electron chi connectivity index (χ2n) is 1.97. The van der Waals surface area contributed by atoms with Gasteiger partial charge in [0, 0.05) is 17.8 Å². The lowest BCUT2D eigenvalue weighted by molar-refractivity contribution is 0.111. The fraction of sp³-hybridized carbons (Fsp3) is 0.250. The maximum Gasteiger partial charge on any atom is 0.168 e. The van der Waals surface area contributed by atoms with Crippen molar-refractivity contribution in [2.45, 2.75) is 6.92 Å². The van der Waals surface area contributed by atoms with Gasteiger partial charge < -0.3 is 5.11 Å². The predicted octanol–water partition coefficient (Wildman–Crippen LogP) is 1.46. The molecule has 66 valence electrons. The Morgan fingerprint density at radius 3 is 2.50 bits per heavy atom. The van der Waals surface area contributed by atoms with Crippen LogP contribution in [0.3, 0.4) is 0 Å². The van der Waals surface area contributed by atoms with Crippen LogP contribution in [0.4, 0.5) is 0 Å². The van der Waals surface area contributed by atoms with E-state index >= 15 is 0 Å². The minimum atomic E-state index is 0.380. The maximum absolute atomic E-state index is 10.2. The fourth-order valence-corrected chi connectivity index (χ4v) is 0.981. The van der Waals surface area contributed by atoms with Crippen LogP contribution in [0, 0.1) is 6.92 Å². The number of carbonyl (C=O) groups is 1. The first-order valence-corrected chi connectivity index (χ1v) is 3.64. The van der Waals surface area contributed by atoms with Crippen LogP contribution >= 0.6 is 11.6 Å². The number of carbonyl (C=O) groups excluding carboxylic acids is 1. The zero-order valence-electron chi connectivity index (χ0n) is 6.91. The number of pyridine rings is 1. The van der Waals surface area contributed by atoms with Crippen molar-refractivity contribution in [1.29, 1.82) is 0 Å². The van der Waals surface area contributed by atoms with E-state index in [2.05, 4.69) is 4.98 Å². The Morgan fingerprint density at radius 2 is 2.08 bits per heavy atom. The number of aryl methyl sites for hydroxylation is 1. The number of hydrogen-bond donors (Lipinski definition) is 1. The van der Waals surface area contributed by atoms with Gasteiger partial charge in [0.1, 0.15) is 5.69 Å². The first-order valence-electron chi connectivity index (χ1n) is 3.26. The molecule has 0 radical (unpaired) electrons. The van der Waals surface area contributed by atoms with Crippen molar-refractivity contribution in [2.75, 3.05) is 7.11 Å². The Kier molecular flexibility index (Phi) is 5.25. The summed E-state index contributed by atoms with van der Waals surface area (Å²) < 4.78 is 0. The molecule has 1 aromatic rings. The third-order valence-corrected chi connectivity index (χ3v) is 1.28. The van der Waals surface area contributed by atoms with E-state index in [0.717, 1.165) is 12.8 Å². The Balaban J connectivity index is 0.000000561. The molecular formula is C8H10ClNO2. The number of nitrogens with zero attached hydrogens (tertiary/aromatic N) is 1. The molecule has 1 rings (SSSR count). The van der Waals surface area contributed by atoms with Gasteiger partial charge in [0.25, 0.3) is 0 Å². The van der Waals surface area contributed by atoms with Crippen molar-refractivity contribution >= 4 is 17.9 Å². The molecule has 1 N–H and O–H groups in total. The molecule has 0 aromatic carbocycles. The molecule has 12 heavy (non-hydrogen) atoms. The molecule has 4 heteroatoms. The summed E-state index contributed by atoms with van der Waals surface area (Å²) >= 11 is 5.63. The molecule has 0 bridgehead atoms. The van der Waals surface area contributed by atoms with E-state index in [-0.39, 0.29) is 0 Å². The summed E-state index contributed by atoms with van der Waals surface area (Å²) in [5, 5.41) is 7.55. The van der Waals surface area contributed by atoms with Crippen LogP contribution in [0.1, 0.15) is 16.2 Å². The van der Waals surface area contributed by atoms with E-state index in [4.69, 9.17) is 16.7 Å². The number of halogens is 1. The summed E-state index contributed by atoms with van der Waals surface area (Å²) in [5.41, 5.74) is 1.14.